The van der Waals surface area contributed by atoms with Crippen LogP contribution < -0.4 is 5.32 Å². The molecule has 0 spiro atoms. The predicted octanol–water partition coefficient (Wildman–Crippen LogP) is 5.70. The van der Waals surface area contributed by atoms with Crippen molar-refractivity contribution < 1.29 is 4.79 Å². The van der Waals surface area contributed by atoms with Gasteiger partial charge in [0.2, 0.25) is 11.1 Å². The molecule has 0 unspecified atom stereocenters. The van der Waals surface area contributed by atoms with Gasteiger partial charge in [-0.05, 0) is 55.9 Å². The third-order valence-electron chi connectivity index (χ3n) is 5.38. The largest absolute Gasteiger partial charge is 0.325 e. The van der Waals surface area contributed by atoms with E-state index in [-0.39, 0.29) is 11.2 Å². The Morgan fingerprint density at radius 3 is 2.50 bits per heavy atom. The molecule has 156 valence electrons. The zero-order valence-corrected chi connectivity index (χ0v) is 18.7. The van der Waals surface area contributed by atoms with Crippen LogP contribution >= 0.6 is 11.8 Å². The number of hydrogen-bond acceptors (Lipinski definition) is 4. The van der Waals surface area contributed by atoms with E-state index in [0.29, 0.717) is 17.0 Å². The summed E-state index contributed by atoms with van der Waals surface area (Å²) in [5, 5.41) is 8.22. The van der Waals surface area contributed by atoms with E-state index in [0.717, 1.165) is 41.2 Å². The van der Waals surface area contributed by atoms with Crippen LogP contribution in [0.25, 0.3) is 5.69 Å². The molecule has 5 nitrogen and oxygen atoms in total. The fourth-order valence-corrected chi connectivity index (χ4v) is 4.26. The molecule has 4 rings (SSSR count). The summed E-state index contributed by atoms with van der Waals surface area (Å²) in [6, 6.07) is 16.2. The standard InChI is InChI=1S/C24H28N4OS/c1-15(2)20-12-8-9-16(3)21(20)25-23(29)17(4)30-24-26-22(18-13-14-18)28(27-24)19-10-6-5-7-11-19/h5-12,15,17-18H,13-14H2,1-4H3,(H,25,29)/t17-/m0/s1. The summed E-state index contributed by atoms with van der Waals surface area (Å²) >= 11 is 1.41. The number of aromatic nitrogens is 3. The van der Waals surface area contributed by atoms with Gasteiger partial charge in [-0.2, -0.15) is 0 Å². The minimum Gasteiger partial charge on any atom is -0.325 e. The van der Waals surface area contributed by atoms with Crippen molar-refractivity contribution in [2.75, 3.05) is 5.32 Å². The molecule has 1 atom stereocenters. The Labute approximate surface area is 182 Å². The Morgan fingerprint density at radius 1 is 1.10 bits per heavy atom. The fourth-order valence-electron chi connectivity index (χ4n) is 3.50. The van der Waals surface area contributed by atoms with Gasteiger partial charge in [0.25, 0.3) is 0 Å². The highest BCUT2D eigenvalue weighted by molar-refractivity contribution is 8.00. The zero-order chi connectivity index (χ0) is 21.3. The van der Waals surface area contributed by atoms with Crippen LogP contribution in [0.4, 0.5) is 5.69 Å². The molecule has 1 aliphatic rings. The molecular weight excluding hydrogens is 392 g/mol. The van der Waals surface area contributed by atoms with E-state index in [2.05, 4.69) is 25.2 Å². The Bertz CT molecular complexity index is 1040. The molecule has 0 aliphatic heterocycles. The van der Waals surface area contributed by atoms with Crippen LogP contribution in [0, 0.1) is 6.92 Å². The van der Waals surface area contributed by atoms with Gasteiger partial charge in [0.1, 0.15) is 5.82 Å². The molecule has 1 saturated carbocycles. The molecule has 1 N–H and O–H groups in total. The number of anilines is 1. The van der Waals surface area contributed by atoms with Crippen molar-refractivity contribution in [3.05, 3.63) is 65.5 Å². The minimum atomic E-state index is -0.303. The maximum absolute atomic E-state index is 13.0. The SMILES string of the molecule is Cc1cccc(C(C)C)c1NC(=O)[C@H](C)Sc1nc(C2CC2)n(-c2ccccc2)n1. The number of nitrogens with one attached hydrogen (secondary N) is 1. The highest BCUT2D eigenvalue weighted by atomic mass is 32.2. The number of thioether (sulfide) groups is 1. The van der Waals surface area contributed by atoms with Crippen molar-refractivity contribution in [2.24, 2.45) is 0 Å². The van der Waals surface area contributed by atoms with E-state index < -0.39 is 0 Å². The zero-order valence-electron chi connectivity index (χ0n) is 17.9. The number of rotatable bonds is 7. The number of amides is 1. The van der Waals surface area contributed by atoms with Gasteiger partial charge in [-0.15, -0.1) is 5.10 Å². The fraction of sp³-hybridized carbons (Fsp3) is 0.375. The van der Waals surface area contributed by atoms with Gasteiger partial charge in [0.05, 0.1) is 10.9 Å². The van der Waals surface area contributed by atoms with Gasteiger partial charge < -0.3 is 5.32 Å². The number of benzene rings is 2. The molecule has 1 fully saturated rings. The molecule has 1 aliphatic carbocycles. The normalized spacial score (nSPS) is 14.7. The van der Waals surface area contributed by atoms with Gasteiger partial charge in [-0.3, -0.25) is 4.79 Å². The van der Waals surface area contributed by atoms with Crippen LogP contribution in [-0.4, -0.2) is 25.9 Å². The molecule has 2 aromatic carbocycles. The smallest absolute Gasteiger partial charge is 0.237 e. The summed E-state index contributed by atoms with van der Waals surface area (Å²) in [6.45, 7) is 8.22. The van der Waals surface area contributed by atoms with Crippen molar-refractivity contribution in [2.45, 2.75) is 62.8 Å². The van der Waals surface area contributed by atoms with Gasteiger partial charge >= 0.3 is 0 Å². The van der Waals surface area contributed by atoms with Crippen molar-refractivity contribution in [1.82, 2.24) is 14.8 Å². The third kappa shape index (κ3) is 4.43. The Morgan fingerprint density at radius 2 is 1.83 bits per heavy atom. The van der Waals surface area contributed by atoms with E-state index in [1.807, 2.05) is 61.0 Å². The Kier molecular flexibility index (Phi) is 5.95. The van der Waals surface area contributed by atoms with Crippen LogP contribution in [0.1, 0.15) is 62.4 Å². The first-order valence-electron chi connectivity index (χ1n) is 10.5. The van der Waals surface area contributed by atoms with Crippen molar-refractivity contribution in [1.29, 1.82) is 0 Å². The molecular formula is C24H28N4OS. The molecule has 3 aromatic rings. The van der Waals surface area contributed by atoms with Crippen molar-refractivity contribution in [3.63, 3.8) is 0 Å². The van der Waals surface area contributed by atoms with Crippen LogP contribution in [0.5, 0.6) is 0 Å². The molecule has 0 bridgehead atoms. The lowest BCUT2D eigenvalue weighted by atomic mass is 9.98. The van der Waals surface area contributed by atoms with Gasteiger partial charge in [0.15, 0.2) is 0 Å². The number of para-hydroxylation sites is 2. The van der Waals surface area contributed by atoms with Crippen LogP contribution in [0.15, 0.2) is 53.7 Å². The predicted molar refractivity (Wildman–Crippen MR) is 123 cm³/mol. The second-order valence-electron chi connectivity index (χ2n) is 8.22. The molecule has 1 amide bonds. The molecule has 0 saturated heterocycles. The lowest BCUT2D eigenvalue weighted by Gasteiger charge is -2.18. The van der Waals surface area contributed by atoms with Gasteiger partial charge in [0, 0.05) is 11.6 Å². The minimum absolute atomic E-state index is 0.0276. The first-order chi connectivity index (χ1) is 14.4. The number of hydrogen-bond donors (Lipinski definition) is 1. The van der Waals surface area contributed by atoms with Crippen LogP contribution in [0.3, 0.4) is 0 Å². The van der Waals surface area contributed by atoms with E-state index >= 15 is 0 Å². The number of carbonyl (C=O) groups is 1. The van der Waals surface area contributed by atoms with Crippen molar-refractivity contribution >= 4 is 23.4 Å². The van der Waals surface area contributed by atoms with Crippen molar-refractivity contribution in [3.8, 4) is 5.69 Å². The maximum atomic E-state index is 13.0. The second kappa shape index (κ2) is 8.64. The maximum Gasteiger partial charge on any atom is 0.237 e. The van der Waals surface area contributed by atoms with Crippen LogP contribution in [0.2, 0.25) is 0 Å². The summed E-state index contributed by atoms with van der Waals surface area (Å²) in [6.07, 6.45) is 2.30. The summed E-state index contributed by atoms with van der Waals surface area (Å²) < 4.78 is 1.93. The molecule has 0 radical (unpaired) electrons. The quantitative estimate of drug-likeness (QED) is 0.498. The first-order valence-corrected chi connectivity index (χ1v) is 11.4. The number of aryl methyl sites for hydroxylation is 1. The molecule has 30 heavy (non-hydrogen) atoms. The lowest BCUT2D eigenvalue weighted by molar-refractivity contribution is -0.115. The molecule has 1 heterocycles. The average molecular weight is 421 g/mol. The summed E-state index contributed by atoms with van der Waals surface area (Å²) in [5.41, 5.74) is 4.17. The van der Waals surface area contributed by atoms with Gasteiger partial charge in [-0.1, -0.05) is 62.0 Å². The molecule has 1 aromatic heterocycles. The summed E-state index contributed by atoms with van der Waals surface area (Å²) in [7, 11) is 0. The summed E-state index contributed by atoms with van der Waals surface area (Å²) in [4.78, 5) is 17.7. The summed E-state index contributed by atoms with van der Waals surface area (Å²) in [5.74, 6) is 1.78. The lowest BCUT2D eigenvalue weighted by Crippen LogP contribution is -2.24. The topological polar surface area (TPSA) is 59.8 Å². The monoisotopic (exact) mass is 420 g/mol. The highest BCUT2D eigenvalue weighted by Crippen LogP contribution is 2.40. The third-order valence-corrected chi connectivity index (χ3v) is 6.33. The van der Waals surface area contributed by atoms with Crippen LogP contribution in [-0.2, 0) is 4.79 Å². The highest BCUT2D eigenvalue weighted by Gasteiger charge is 2.31. The van der Waals surface area contributed by atoms with E-state index in [9.17, 15) is 4.79 Å². The average Bonchev–Trinajstić information content (AvgIpc) is 3.50. The van der Waals surface area contributed by atoms with E-state index in [1.54, 1.807) is 0 Å². The number of nitrogens with zero attached hydrogens (tertiary/aromatic N) is 3. The number of carbonyl (C=O) groups excluding carboxylic acids is 1. The van der Waals surface area contributed by atoms with E-state index in [4.69, 9.17) is 10.1 Å². The molecule has 6 heteroatoms. The Hall–Kier alpha value is -2.60. The second-order valence-corrected chi connectivity index (χ2v) is 9.53. The first kappa shape index (κ1) is 20.7. The van der Waals surface area contributed by atoms with E-state index in [1.165, 1.54) is 11.8 Å². The Balaban J connectivity index is 1.52. The van der Waals surface area contributed by atoms with Gasteiger partial charge in [-0.25, -0.2) is 9.67 Å².